The molecule has 1 aromatic heterocycles. The molecule has 4 rings (SSSR count). The Kier molecular flexibility index (Phi) is 7.45. The lowest BCUT2D eigenvalue weighted by Gasteiger charge is -2.34. The summed E-state index contributed by atoms with van der Waals surface area (Å²) in [5.74, 6) is -0.641. The zero-order valence-electron chi connectivity index (χ0n) is 18.8. The van der Waals surface area contributed by atoms with Gasteiger partial charge in [0, 0.05) is 43.9 Å². The normalized spacial score (nSPS) is 14.8. The number of esters is 1. The van der Waals surface area contributed by atoms with Crippen molar-refractivity contribution >= 4 is 33.2 Å². The molecule has 0 N–H and O–H groups in total. The molecule has 1 aliphatic heterocycles. The molecule has 1 amide bonds. The maximum atomic E-state index is 13.2. The largest absolute Gasteiger partial charge is 0.465 e. The first-order valence-corrected chi connectivity index (χ1v) is 13.3. The Morgan fingerprint density at radius 2 is 1.50 bits per heavy atom. The third-order valence-corrected chi connectivity index (χ3v) is 9.28. The highest BCUT2D eigenvalue weighted by Crippen LogP contribution is 2.29. The summed E-state index contributed by atoms with van der Waals surface area (Å²) in [6.45, 7) is 1.06. The second-order valence-corrected chi connectivity index (χ2v) is 11.1. The average Bonchev–Trinajstić information content (AvgIpc) is 3.39. The summed E-state index contributed by atoms with van der Waals surface area (Å²) in [5, 5.41) is 1.48. The van der Waals surface area contributed by atoms with E-state index in [0.717, 1.165) is 22.5 Å². The molecule has 0 bridgehead atoms. The summed E-state index contributed by atoms with van der Waals surface area (Å²) in [6, 6.07) is 21.2. The number of nitrogens with zero attached hydrogens (tertiary/aromatic N) is 2. The Hall–Kier alpha value is -3.01. The highest BCUT2D eigenvalue weighted by Gasteiger charge is 2.32. The van der Waals surface area contributed by atoms with E-state index in [1.165, 1.54) is 22.9 Å². The highest BCUT2D eigenvalue weighted by molar-refractivity contribution is 7.91. The van der Waals surface area contributed by atoms with Crippen LogP contribution in [0.3, 0.4) is 0 Å². The molecular weight excluding hydrogens is 472 g/mol. The van der Waals surface area contributed by atoms with Crippen LogP contribution >= 0.6 is 11.3 Å². The summed E-state index contributed by atoms with van der Waals surface area (Å²) < 4.78 is 32.2. The van der Waals surface area contributed by atoms with Crippen molar-refractivity contribution in [3.8, 4) is 0 Å². The Morgan fingerprint density at radius 3 is 2.03 bits per heavy atom. The molecule has 34 heavy (non-hydrogen) atoms. The van der Waals surface area contributed by atoms with Crippen LogP contribution in [-0.4, -0.2) is 62.8 Å². The Balaban J connectivity index is 1.43. The molecule has 3 aromatic rings. The first kappa shape index (κ1) is 24.1. The second kappa shape index (κ2) is 10.5. The van der Waals surface area contributed by atoms with Gasteiger partial charge in [-0.2, -0.15) is 4.31 Å². The number of thiophene rings is 1. The molecule has 0 spiro atoms. The van der Waals surface area contributed by atoms with Gasteiger partial charge in [-0.3, -0.25) is 4.79 Å². The zero-order valence-corrected chi connectivity index (χ0v) is 20.4. The lowest BCUT2D eigenvalue weighted by Crippen LogP contribution is -2.50. The monoisotopic (exact) mass is 498 g/mol. The summed E-state index contributed by atoms with van der Waals surface area (Å²) in [7, 11) is -2.48. The number of methoxy groups -OCH3 is 1. The van der Waals surface area contributed by atoms with E-state index >= 15 is 0 Å². The number of carbonyl (C=O) groups excluding carboxylic acids is 2. The molecule has 1 saturated heterocycles. The van der Waals surface area contributed by atoms with E-state index in [4.69, 9.17) is 0 Å². The van der Waals surface area contributed by atoms with Gasteiger partial charge in [-0.15, -0.1) is 11.3 Å². The molecule has 0 radical (unpaired) electrons. The van der Waals surface area contributed by atoms with E-state index in [1.54, 1.807) is 4.90 Å². The van der Waals surface area contributed by atoms with Crippen molar-refractivity contribution in [1.82, 2.24) is 9.21 Å². The predicted octanol–water partition coefficient (Wildman–Crippen LogP) is 3.59. The van der Waals surface area contributed by atoms with E-state index in [2.05, 4.69) is 4.74 Å². The highest BCUT2D eigenvalue weighted by atomic mass is 32.2. The summed E-state index contributed by atoms with van der Waals surface area (Å²) >= 11 is 0.994. The average molecular weight is 499 g/mol. The number of amides is 1. The first-order valence-electron chi connectivity index (χ1n) is 10.9. The zero-order chi connectivity index (χ0) is 24.1. The van der Waals surface area contributed by atoms with Crippen molar-refractivity contribution in [1.29, 1.82) is 0 Å². The minimum Gasteiger partial charge on any atom is -0.465 e. The number of hydrogen-bond donors (Lipinski definition) is 0. The standard InChI is InChI=1S/C25H26N2O5S2/c1-32-25(29)21-16-24(33-18-21)34(30,31)27-14-12-26(13-15-27)23(28)17-22(19-8-4-2-5-9-19)20-10-6-3-7-11-20/h2-11,16,18,22H,12-15,17H2,1H3. The summed E-state index contributed by atoms with van der Waals surface area (Å²) in [4.78, 5) is 26.6. The van der Waals surface area contributed by atoms with Crippen LogP contribution in [0.1, 0.15) is 33.8 Å². The van der Waals surface area contributed by atoms with Crippen LogP contribution in [0.15, 0.2) is 76.3 Å². The molecule has 9 heteroatoms. The maximum absolute atomic E-state index is 13.2. The van der Waals surface area contributed by atoms with Gasteiger partial charge in [0.05, 0.1) is 12.7 Å². The topological polar surface area (TPSA) is 84.0 Å². The molecule has 1 fully saturated rings. The number of hydrogen-bond acceptors (Lipinski definition) is 6. The number of ether oxygens (including phenoxy) is 1. The lowest BCUT2D eigenvalue weighted by atomic mass is 9.88. The molecule has 7 nitrogen and oxygen atoms in total. The minimum atomic E-state index is -3.73. The summed E-state index contributed by atoms with van der Waals surface area (Å²) in [5.41, 5.74) is 2.36. The van der Waals surface area contributed by atoms with Crippen LogP contribution in [0.5, 0.6) is 0 Å². The molecule has 0 unspecified atom stereocenters. The van der Waals surface area contributed by atoms with Crippen molar-refractivity contribution in [2.45, 2.75) is 16.5 Å². The fourth-order valence-corrected chi connectivity index (χ4v) is 6.81. The Labute approximate surface area is 203 Å². The lowest BCUT2D eigenvalue weighted by molar-refractivity contribution is -0.132. The third-order valence-electron chi connectivity index (χ3n) is 5.96. The molecule has 2 aromatic carbocycles. The molecule has 0 saturated carbocycles. The molecule has 1 aliphatic rings. The van der Waals surface area contributed by atoms with E-state index in [1.807, 2.05) is 60.7 Å². The number of piperazine rings is 1. The van der Waals surface area contributed by atoms with Crippen molar-refractivity contribution in [3.63, 3.8) is 0 Å². The van der Waals surface area contributed by atoms with Gasteiger partial charge in [-0.1, -0.05) is 60.7 Å². The van der Waals surface area contributed by atoms with Gasteiger partial charge in [0.2, 0.25) is 5.91 Å². The van der Waals surface area contributed by atoms with Crippen LogP contribution in [0.4, 0.5) is 0 Å². The fraction of sp³-hybridized carbons (Fsp3) is 0.280. The molecular formula is C25H26N2O5S2. The van der Waals surface area contributed by atoms with Crippen molar-refractivity contribution in [2.75, 3.05) is 33.3 Å². The van der Waals surface area contributed by atoms with Crippen LogP contribution in [0.25, 0.3) is 0 Å². The van der Waals surface area contributed by atoms with Crippen LogP contribution < -0.4 is 0 Å². The number of sulfonamides is 1. The number of rotatable bonds is 7. The molecule has 0 atom stereocenters. The molecule has 178 valence electrons. The number of carbonyl (C=O) groups is 2. The van der Waals surface area contributed by atoms with Crippen LogP contribution in [-0.2, 0) is 19.6 Å². The minimum absolute atomic E-state index is 0.00106. The van der Waals surface area contributed by atoms with Gasteiger partial charge in [-0.05, 0) is 17.2 Å². The van der Waals surface area contributed by atoms with Crippen molar-refractivity contribution in [3.05, 3.63) is 88.8 Å². The van der Waals surface area contributed by atoms with Gasteiger partial charge >= 0.3 is 5.97 Å². The molecule has 2 heterocycles. The Morgan fingerprint density at radius 1 is 0.941 bits per heavy atom. The fourth-order valence-electron chi connectivity index (χ4n) is 4.08. The van der Waals surface area contributed by atoms with Gasteiger partial charge in [0.1, 0.15) is 4.21 Å². The smallest absolute Gasteiger partial charge is 0.338 e. The van der Waals surface area contributed by atoms with Crippen molar-refractivity contribution in [2.24, 2.45) is 0 Å². The van der Waals surface area contributed by atoms with E-state index in [0.29, 0.717) is 19.5 Å². The van der Waals surface area contributed by atoms with Gasteiger partial charge in [-0.25, -0.2) is 13.2 Å². The van der Waals surface area contributed by atoms with E-state index in [-0.39, 0.29) is 34.7 Å². The predicted molar refractivity (Wildman–Crippen MR) is 130 cm³/mol. The first-order chi connectivity index (χ1) is 16.4. The van der Waals surface area contributed by atoms with Gasteiger partial charge in [0.15, 0.2) is 0 Å². The third kappa shape index (κ3) is 5.22. The number of benzene rings is 2. The Bertz CT molecular complexity index is 1200. The quantitative estimate of drug-likeness (QED) is 0.465. The molecule has 0 aliphatic carbocycles. The van der Waals surface area contributed by atoms with E-state index < -0.39 is 16.0 Å². The van der Waals surface area contributed by atoms with Crippen LogP contribution in [0, 0.1) is 0 Å². The van der Waals surface area contributed by atoms with Crippen LogP contribution in [0.2, 0.25) is 0 Å². The second-order valence-electron chi connectivity index (χ2n) is 8.01. The van der Waals surface area contributed by atoms with E-state index in [9.17, 15) is 18.0 Å². The summed E-state index contributed by atoms with van der Waals surface area (Å²) in [6.07, 6.45) is 0.314. The van der Waals surface area contributed by atoms with Crippen molar-refractivity contribution < 1.29 is 22.7 Å². The van der Waals surface area contributed by atoms with Gasteiger partial charge in [0.25, 0.3) is 10.0 Å². The SMILES string of the molecule is COC(=O)c1csc(S(=O)(=O)N2CCN(C(=O)CC(c3ccccc3)c3ccccc3)CC2)c1. The van der Waals surface area contributed by atoms with Gasteiger partial charge < -0.3 is 9.64 Å². The maximum Gasteiger partial charge on any atom is 0.338 e.